The summed E-state index contributed by atoms with van der Waals surface area (Å²) in [6, 6.07) is 0. The number of allylic oxidation sites excluding steroid dienone is 2. The number of rotatable bonds is 1. The highest BCUT2D eigenvalue weighted by atomic mass is 35.5. The molecule has 2 unspecified atom stereocenters. The summed E-state index contributed by atoms with van der Waals surface area (Å²) in [5, 5.41) is 0.248. The molecule has 2 rings (SSSR count). The van der Waals surface area contributed by atoms with E-state index in [9.17, 15) is 9.59 Å². The summed E-state index contributed by atoms with van der Waals surface area (Å²) in [6.07, 6.45) is 0. The number of hydrogen-bond donors (Lipinski definition) is 0. The molecule has 0 bridgehead atoms. The zero-order valence-electron chi connectivity index (χ0n) is 8.64. The molecule has 2 aliphatic rings. The summed E-state index contributed by atoms with van der Waals surface area (Å²) in [5.41, 5.74) is 0. The second-order valence-corrected chi connectivity index (χ2v) is 5.27. The van der Waals surface area contributed by atoms with Gasteiger partial charge in [-0.1, -0.05) is 46.4 Å². The maximum Gasteiger partial charge on any atom is 0.238 e. The van der Waals surface area contributed by atoms with E-state index in [1.54, 1.807) is 6.92 Å². The Morgan fingerprint density at radius 3 is 1.59 bits per heavy atom. The lowest BCUT2D eigenvalue weighted by Crippen LogP contribution is -2.30. The monoisotopic (exact) mass is 313 g/mol. The van der Waals surface area contributed by atoms with Crippen molar-refractivity contribution in [2.75, 3.05) is 6.54 Å². The molecule has 0 aromatic carbocycles. The van der Waals surface area contributed by atoms with Crippen LogP contribution in [-0.2, 0) is 9.59 Å². The minimum absolute atomic E-state index is 0.0405. The molecule has 0 spiro atoms. The molecule has 3 nitrogen and oxygen atoms in total. The van der Waals surface area contributed by atoms with Crippen LogP contribution in [0.15, 0.2) is 20.1 Å². The van der Waals surface area contributed by atoms with Crippen molar-refractivity contribution in [3.05, 3.63) is 20.1 Å². The zero-order valence-corrected chi connectivity index (χ0v) is 11.7. The Bertz CT molecular complexity index is 441. The molecular weight excluding hydrogens is 308 g/mol. The number of hydrogen-bond acceptors (Lipinski definition) is 2. The van der Waals surface area contributed by atoms with Crippen molar-refractivity contribution in [1.29, 1.82) is 0 Å². The van der Waals surface area contributed by atoms with Gasteiger partial charge in [-0.05, 0) is 6.92 Å². The standard InChI is InChI=1S/C10H7Cl4NO2/c1-2-15-9(16)3-4(10(15)17)6(12)8(14)7(13)5(3)11/h3-4H,2H2,1H3. The molecule has 17 heavy (non-hydrogen) atoms. The first-order valence-electron chi connectivity index (χ1n) is 4.87. The molecule has 1 heterocycles. The van der Waals surface area contributed by atoms with E-state index in [0.29, 0.717) is 0 Å². The first-order valence-corrected chi connectivity index (χ1v) is 6.38. The molecule has 1 aliphatic heterocycles. The summed E-state index contributed by atoms with van der Waals surface area (Å²) in [7, 11) is 0. The minimum Gasteiger partial charge on any atom is -0.282 e. The Labute approximate surface area is 118 Å². The number of carbonyl (C=O) groups is 2. The fourth-order valence-corrected chi connectivity index (χ4v) is 3.20. The lowest BCUT2D eigenvalue weighted by Gasteiger charge is -2.21. The maximum absolute atomic E-state index is 12.0. The van der Waals surface area contributed by atoms with Gasteiger partial charge in [-0.15, -0.1) is 0 Å². The Hall–Kier alpha value is -0.220. The summed E-state index contributed by atoms with van der Waals surface area (Å²) >= 11 is 23.7. The van der Waals surface area contributed by atoms with Gasteiger partial charge in [0.1, 0.15) is 0 Å². The number of imide groups is 1. The Balaban J connectivity index is 2.59. The van der Waals surface area contributed by atoms with Gasteiger partial charge >= 0.3 is 0 Å². The van der Waals surface area contributed by atoms with Crippen molar-refractivity contribution in [3.8, 4) is 0 Å². The molecule has 0 aromatic rings. The highest BCUT2D eigenvalue weighted by molar-refractivity contribution is 6.52. The normalized spacial score (nSPS) is 29.4. The van der Waals surface area contributed by atoms with Crippen LogP contribution in [0.25, 0.3) is 0 Å². The van der Waals surface area contributed by atoms with Crippen molar-refractivity contribution in [2.24, 2.45) is 11.8 Å². The minimum atomic E-state index is -0.827. The van der Waals surface area contributed by atoms with E-state index in [2.05, 4.69) is 0 Å². The molecule has 92 valence electrons. The van der Waals surface area contributed by atoms with Crippen molar-refractivity contribution >= 4 is 58.2 Å². The van der Waals surface area contributed by atoms with E-state index in [1.165, 1.54) is 0 Å². The first kappa shape index (κ1) is 13.2. The molecule has 1 fully saturated rings. The Morgan fingerprint density at radius 2 is 1.29 bits per heavy atom. The van der Waals surface area contributed by atoms with Gasteiger partial charge in [-0.25, -0.2) is 0 Å². The van der Waals surface area contributed by atoms with Crippen LogP contribution in [0.4, 0.5) is 0 Å². The van der Waals surface area contributed by atoms with Gasteiger partial charge in [0.2, 0.25) is 11.8 Å². The predicted octanol–water partition coefficient (Wildman–Crippen LogP) is 3.00. The van der Waals surface area contributed by atoms with Crippen LogP contribution < -0.4 is 0 Å². The molecule has 7 heteroatoms. The van der Waals surface area contributed by atoms with E-state index >= 15 is 0 Å². The largest absolute Gasteiger partial charge is 0.282 e. The van der Waals surface area contributed by atoms with Crippen molar-refractivity contribution < 1.29 is 9.59 Å². The number of fused-ring (bicyclic) bond motifs is 1. The Morgan fingerprint density at radius 1 is 0.941 bits per heavy atom. The average molecular weight is 315 g/mol. The summed E-state index contributed by atoms with van der Waals surface area (Å²) in [4.78, 5) is 25.1. The molecule has 1 saturated heterocycles. The van der Waals surface area contributed by atoms with Crippen LogP contribution in [0.1, 0.15) is 6.92 Å². The molecule has 2 amide bonds. The number of carbonyl (C=O) groups excluding carboxylic acids is 2. The van der Waals surface area contributed by atoms with Gasteiger partial charge in [0, 0.05) is 6.54 Å². The van der Waals surface area contributed by atoms with E-state index < -0.39 is 11.8 Å². The lowest BCUT2D eigenvalue weighted by atomic mass is 9.90. The van der Waals surface area contributed by atoms with Gasteiger partial charge in [0.05, 0.1) is 32.0 Å². The molecule has 0 aromatic heterocycles. The lowest BCUT2D eigenvalue weighted by molar-refractivity contribution is -0.139. The highest BCUT2D eigenvalue weighted by Crippen LogP contribution is 2.49. The second-order valence-electron chi connectivity index (χ2n) is 3.70. The van der Waals surface area contributed by atoms with Crippen LogP contribution in [0, 0.1) is 11.8 Å². The van der Waals surface area contributed by atoms with E-state index in [4.69, 9.17) is 46.4 Å². The van der Waals surface area contributed by atoms with Gasteiger partial charge in [0.15, 0.2) is 0 Å². The summed E-state index contributed by atoms with van der Waals surface area (Å²) < 4.78 is 0. The van der Waals surface area contributed by atoms with Crippen LogP contribution in [0.3, 0.4) is 0 Å². The zero-order chi connectivity index (χ0) is 12.9. The molecule has 0 saturated carbocycles. The number of amides is 2. The fourth-order valence-electron chi connectivity index (χ4n) is 2.03. The molecule has 0 radical (unpaired) electrons. The van der Waals surface area contributed by atoms with E-state index in [0.717, 1.165) is 4.90 Å². The summed E-state index contributed by atoms with van der Waals surface area (Å²) in [6.45, 7) is 1.97. The molecule has 1 aliphatic carbocycles. The van der Waals surface area contributed by atoms with Crippen molar-refractivity contribution in [3.63, 3.8) is 0 Å². The maximum atomic E-state index is 12.0. The third-order valence-electron chi connectivity index (χ3n) is 2.87. The van der Waals surface area contributed by atoms with Gasteiger partial charge in [-0.2, -0.15) is 0 Å². The van der Waals surface area contributed by atoms with Crippen LogP contribution in [-0.4, -0.2) is 23.3 Å². The average Bonchev–Trinajstić information content (AvgIpc) is 2.55. The fraction of sp³-hybridized carbons (Fsp3) is 0.400. The molecule has 0 N–H and O–H groups in total. The quantitative estimate of drug-likeness (QED) is 0.698. The van der Waals surface area contributed by atoms with E-state index in [-0.39, 0.29) is 38.5 Å². The molecule has 2 atom stereocenters. The number of nitrogens with zero attached hydrogens (tertiary/aromatic N) is 1. The first-order chi connectivity index (χ1) is 7.91. The number of halogens is 4. The topological polar surface area (TPSA) is 37.4 Å². The summed E-state index contributed by atoms with van der Waals surface area (Å²) in [5.74, 6) is -2.42. The van der Waals surface area contributed by atoms with Crippen LogP contribution in [0.5, 0.6) is 0 Å². The third-order valence-corrected chi connectivity index (χ3v) is 4.80. The van der Waals surface area contributed by atoms with Crippen molar-refractivity contribution in [2.45, 2.75) is 6.92 Å². The highest BCUT2D eigenvalue weighted by Gasteiger charge is 2.53. The third kappa shape index (κ3) is 1.72. The van der Waals surface area contributed by atoms with Gasteiger partial charge in [0.25, 0.3) is 0 Å². The van der Waals surface area contributed by atoms with Gasteiger partial charge < -0.3 is 0 Å². The number of likely N-dealkylation sites (tertiary alicyclic amines) is 1. The van der Waals surface area contributed by atoms with Crippen LogP contribution in [0.2, 0.25) is 0 Å². The SMILES string of the molecule is CCN1C(=O)C2C(Cl)=C(Cl)C(Cl)=C(Cl)C2C1=O. The van der Waals surface area contributed by atoms with Crippen molar-refractivity contribution in [1.82, 2.24) is 4.90 Å². The molecular formula is C10H7Cl4NO2. The second kappa shape index (κ2) is 4.47. The smallest absolute Gasteiger partial charge is 0.238 e. The van der Waals surface area contributed by atoms with Gasteiger partial charge in [-0.3, -0.25) is 14.5 Å². The van der Waals surface area contributed by atoms with E-state index in [1.807, 2.05) is 0 Å². The predicted molar refractivity (Wildman–Crippen MR) is 66.8 cm³/mol. The Kier molecular flexibility index (Phi) is 3.47. The van der Waals surface area contributed by atoms with Crippen LogP contribution >= 0.6 is 46.4 Å².